The first-order chi connectivity index (χ1) is 16.5. The molecule has 4 rings (SSSR count). The summed E-state index contributed by atoms with van der Waals surface area (Å²) in [5.41, 5.74) is 3.68. The Hall–Kier alpha value is -3.83. The number of oxime groups is 1. The molecule has 0 N–H and O–H groups in total. The summed E-state index contributed by atoms with van der Waals surface area (Å²) in [7, 11) is 0. The molecule has 0 spiro atoms. The summed E-state index contributed by atoms with van der Waals surface area (Å²) < 4.78 is 28.0. The summed E-state index contributed by atoms with van der Waals surface area (Å²) >= 11 is 0. The molecular weight excluding hydrogens is 438 g/mol. The Kier molecular flexibility index (Phi) is 7.45. The molecule has 1 aliphatic heterocycles. The van der Waals surface area contributed by atoms with Gasteiger partial charge in [-0.1, -0.05) is 29.4 Å². The average Bonchev–Trinajstić information content (AvgIpc) is 2.85. The lowest BCUT2D eigenvalue weighted by molar-refractivity contribution is -0.605. The van der Waals surface area contributed by atoms with Crippen LogP contribution in [0.1, 0.15) is 41.0 Å². The van der Waals surface area contributed by atoms with E-state index in [-0.39, 0.29) is 6.61 Å². The van der Waals surface area contributed by atoms with E-state index in [4.69, 9.17) is 10.1 Å². The Balaban J connectivity index is 1.42. The van der Waals surface area contributed by atoms with Gasteiger partial charge in [-0.05, 0) is 61.2 Å². The standard InChI is InChI=1S/C26H24F2N4O2/c27-24-6-5-23(17-25(24)28)26(30-34-16-11-29)22-3-1-19(2-4-22)18-31-12-7-20(8-13-31)21-9-14-32(33)15-10-21/h1-6,9-10,14-15,17,20H,7-8,12-13,16,18H2/b30-26+. The van der Waals surface area contributed by atoms with E-state index in [2.05, 4.69) is 10.1 Å². The van der Waals surface area contributed by atoms with Gasteiger partial charge in [-0.15, -0.1) is 0 Å². The number of nitriles is 1. The molecule has 3 aromatic rings. The molecule has 2 aromatic carbocycles. The van der Waals surface area contributed by atoms with Gasteiger partial charge in [0.05, 0.1) is 0 Å². The lowest BCUT2D eigenvalue weighted by atomic mass is 9.90. The van der Waals surface area contributed by atoms with Gasteiger partial charge in [0.25, 0.3) is 0 Å². The second-order valence-corrected chi connectivity index (χ2v) is 8.24. The van der Waals surface area contributed by atoms with Crippen molar-refractivity contribution in [1.29, 1.82) is 5.26 Å². The Morgan fingerprint density at radius 2 is 1.71 bits per heavy atom. The second-order valence-electron chi connectivity index (χ2n) is 8.24. The van der Waals surface area contributed by atoms with Crippen molar-refractivity contribution in [1.82, 2.24) is 4.90 Å². The van der Waals surface area contributed by atoms with Gasteiger partial charge in [-0.2, -0.15) is 9.99 Å². The van der Waals surface area contributed by atoms with Gasteiger partial charge in [0.15, 0.2) is 24.0 Å². The molecular formula is C26H24F2N4O2. The Bertz CT molecular complexity index is 1180. The molecule has 6 nitrogen and oxygen atoms in total. The van der Waals surface area contributed by atoms with Crippen LogP contribution in [0, 0.1) is 28.2 Å². The zero-order chi connectivity index (χ0) is 23.9. The molecule has 34 heavy (non-hydrogen) atoms. The van der Waals surface area contributed by atoms with E-state index in [9.17, 15) is 14.0 Å². The minimum atomic E-state index is -0.978. The zero-order valence-corrected chi connectivity index (χ0v) is 18.5. The Morgan fingerprint density at radius 3 is 2.35 bits per heavy atom. The van der Waals surface area contributed by atoms with Gasteiger partial charge < -0.3 is 10.0 Å². The van der Waals surface area contributed by atoms with Crippen molar-refractivity contribution >= 4 is 5.71 Å². The largest absolute Gasteiger partial charge is 0.619 e. The molecule has 0 saturated carbocycles. The normalized spacial score (nSPS) is 15.1. The Morgan fingerprint density at radius 1 is 1.03 bits per heavy atom. The smallest absolute Gasteiger partial charge is 0.202 e. The third-order valence-corrected chi connectivity index (χ3v) is 6.00. The van der Waals surface area contributed by atoms with Crippen LogP contribution in [0.4, 0.5) is 8.78 Å². The van der Waals surface area contributed by atoms with Crippen LogP contribution in [0.3, 0.4) is 0 Å². The van der Waals surface area contributed by atoms with Crippen LogP contribution >= 0.6 is 0 Å². The number of pyridine rings is 1. The predicted molar refractivity (Wildman–Crippen MR) is 123 cm³/mol. The number of halogens is 2. The molecule has 1 aromatic heterocycles. The summed E-state index contributed by atoms with van der Waals surface area (Å²) in [4.78, 5) is 7.40. The molecule has 174 valence electrons. The van der Waals surface area contributed by atoms with Crippen molar-refractivity contribution in [2.75, 3.05) is 19.7 Å². The zero-order valence-electron chi connectivity index (χ0n) is 18.5. The monoisotopic (exact) mass is 462 g/mol. The topological polar surface area (TPSA) is 75.6 Å². The minimum absolute atomic E-state index is 0.249. The molecule has 0 aliphatic carbocycles. The molecule has 0 radical (unpaired) electrons. The highest BCUT2D eigenvalue weighted by molar-refractivity contribution is 6.12. The average molecular weight is 463 g/mol. The van der Waals surface area contributed by atoms with Gasteiger partial charge >= 0.3 is 0 Å². The van der Waals surface area contributed by atoms with Crippen LogP contribution in [-0.4, -0.2) is 30.3 Å². The first-order valence-corrected chi connectivity index (χ1v) is 11.1. The number of rotatable bonds is 7. The van der Waals surface area contributed by atoms with Gasteiger partial charge in [0, 0.05) is 29.8 Å². The number of likely N-dealkylation sites (tertiary alicyclic amines) is 1. The molecule has 1 saturated heterocycles. The van der Waals surface area contributed by atoms with Crippen molar-refractivity contribution in [2.24, 2.45) is 5.16 Å². The van der Waals surface area contributed by atoms with Gasteiger partial charge in [0.1, 0.15) is 11.8 Å². The molecule has 2 heterocycles. The number of piperidine rings is 1. The summed E-state index contributed by atoms with van der Waals surface area (Å²) in [6.45, 7) is 2.47. The van der Waals surface area contributed by atoms with Gasteiger partial charge in [-0.25, -0.2) is 8.78 Å². The van der Waals surface area contributed by atoms with E-state index in [0.29, 0.717) is 22.8 Å². The highest BCUT2D eigenvalue weighted by Gasteiger charge is 2.21. The highest BCUT2D eigenvalue weighted by atomic mass is 19.2. The fourth-order valence-electron chi connectivity index (χ4n) is 4.19. The van der Waals surface area contributed by atoms with Gasteiger partial charge in [0.2, 0.25) is 6.61 Å². The van der Waals surface area contributed by atoms with Crippen LogP contribution in [0.2, 0.25) is 0 Å². The van der Waals surface area contributed by atoms with E-state index in [1.54, 1.807) is 12.4 Å². The number of hydrogen-bond donors (Lipinski definition) is 0. The third kappa shape index (κ3) is 5.74. The summed E-state index contributed by atoms with van der Waals surface area (Å²) in [6, 6.07) is 16.8. The maximum absolute atomic E-state index is 13.8. The van der Waals surface area contributed by atoms with E-state index in [0.717, 1.165) is 54.9 Å². The molecule has 1 fully saturated rings. The minimum Gasteiger partial charge on any atom is -0.619 e. The molecule has 0 atom stereocenters. The van der Waals surface area contributed by atoms with Crippen LogP contribution in [0.5, 0.6) is 0 Å². The molecule has 1 aliphatic rings. The van der Waals surface area contributed by atoms with E-state index in [1.807, 2.05) is 42.5 Å². The molecule has 8 heteroatoms. The number of benzene rings is 2. The van der Waals surface area contributed by atoms with Crippen LogP contribution in [0.25, 0.3) is 0 Å². The summed E-state index contributed by atoms with van der Waals surface area (Å²) in [5.74, 6) is -1.46. The fraction of sp³-hybridized carbons (Fsp3) is 0.269. The summed E-state index contributed by atoms with van der Waals surface area (Å²) in [6.07, 6.45) is 5.16. The number of nitrogens with zero attached hydrogens (tertiary/aromatic N) is 4. The highest BCUT2D eigenvalue weighted by Crippen LogP contribution is 2.28. The van der Waals surface area contributed by atoms with Crippen LogP contribution in [0.15, 0.2) is 72.1 Å². The van der Waals surface area contributed by atoms with E-state index >= 15 is 0 Å². The second kappa shape index (κ2) is 10.9. The summed E-state index contributed by atoms with van der Waals surface area (Å²) in [5, 5.41) is 23.9. The van der Waals surface area contributed by atoms with Crippen molar-refractivity contribution in [2.45, 2.75) is 25.3 Å². The van der Waals surface area contributed by atoms with Crippen LogP contribution < -0.4 is 4.73 Å². The first-order valence-electron chi connectivity index (χ1n) is 11.1. The first kappa shape index (κ1) is 23.3. The van der Waals surface area contributed by atoms with E-state index in [1.165, 1.54) is 11.6 Å². The van der Waals surface area contributed by atoms with Crippen molar-refractivity contribution in [3.8, 4) is 6.07 Å². The van der Waals surface area contributed by atoms with Crippen molar-refractivity contribution in [3.63, 3.8) is 0 Å². The van der Waals surface area contributed by atoms with Crippen molar-refractivity contribution < 1.29 is 18.3 Å². The van der Waals surface area contributed by atoms with Crippen LogP contribution in [-0.2, 0) is 11.4 Å². The van der Waals surface area contributed by atoms with E-state index < -0.39 is 11.6 Å². The van der Waals surface area contributed by atoms with Crippen molar-refractivity contribution in [3.05, 3.63) is 106 Å². The maximum atomic E-state index is 13.8. The predicted octanol–water partition coefficient (Wildman–Crippen LogP) is 4.27. The Labute approximate surface area is 196 Å². The lowest BCUT2D eigenvalue weighted by Crippen LogP contribution is -2.33. The molecule has 0 unspecified atom stereocenters. The number of aromatic nitrogens is 1. The quantitative estimate of drug-likeness (QED) is 0.173. The molecule has 0 bridgehead atoms. The lowest BCUT2D eigenvalue weighted by Gasteiger charge is -2.32. The SMILES string of the molecule is N#CCO/N=C(\c1ccc(CN2CCC(c3cc[n+]([O-])cc3)CC2)cc1)c1ccc(F)c(F)c1. The third-order valence-electron chi connectivity index (χ3n) is 6.00. The molecule has 0 amide bonds. The number of hydrogen-bond acceptors (Lipinski definition) is 5. The van der Waals surface area contributed by atoms with Gasteiger partial charge in [-0.3, -0.25) is 4.90 Å². The fourth-order valence-corrected chi connectivity index (χ4v) is 4.19. The maximum Gasteiger partial charge on any atom is 0.202 e.